The molecular weight excluding hydrogens is 357 g/mol. The smallest absolute Gasteiger partial charge is 0.422 e. The fraction of sp³-hybridized carbons (Fsp3) is 0.632. The predicted octanol–water partition coefficient (Wildman–Crippen LogP) is 3.02. The van der Waals surface area contributed by atoms with Crippen LogP contribution in [0.25, 0.3) is 0 Å². The number of ether oxygens (including phenoxy) is 1. The largest absolute Gasteiger partial charge is 0.484 e. The Bertz CT molecular complexity index is 582. The van der Waals surface area contributed by atoms with Gasteiger partial charge >= 0.3 is 6.18 Å². The number of nitrogens with one attached hydrogen (secondary N) is 2. The number of nitrogens with zero attached hydrogens (tertiary/aromatic N) is 2. The molecule has 1 fully saturated rings. The minimum absolute atomic E-state index is 0.203. The van der Waals surface area contributed by atoms with E-state index in [9.17, 15) is 13.2 Å². The van der Waals surface area contributed by atoms with Crippen LogP contribution in [0.2, 0.25) is 0 Å². The van der Waals surface area contributed by atoms with E-state index in [2.05, 4.69) is 27.4 Å². The molecule has 0 bridgehead atoms. The van der Waals surface area contributed by atoms with Gasteiger partial charge in [-0.3, -0.25) is 4.99 Å². The highest BCUT2D eigenvalue weighted by Gasteiger charge is 2.28. The lowest BCUT2D eigenvalue weighted by atomic mass is 9.99. The van der Waals surface area contributed by atoms with E-state index in [4.69, 9.17) is 4.74 Å². The molecule has 0 amide bonds. The van der Waals surface area contributed by atoms with Crippen molar-refractivity contribution in [3.8, 4) is 5.75 Å². The van der Waals surface area contributed by atoms with Crippen molar-refractivity contribution in [2.75, 3.05) is 39.8 Å². The van der Waals surface area contributed by atoms with E-state index in [0.29, 0.717) is 12.5 Å². The molecule has 8 heteroatoms. The maximum absolute atomic E-state index is 12.1. The Hall–Kier alpha value is -1.96. The van der Waals surface area contributed by atoms with Crippen LogP contribution in [0.4, 0.5) is 13.2 Å². The topological polar surface area (TPSA) is 48.9 Å². The zero-order valence-electron chi connectivity index (χ0n) is 16.0. The SMILES string of the molecule is CN=C(NCCN1CCC(C)CC1)NCc1ccc(OCC(F)(F)F)cc1. The van der Waals surface area contributed by atoms with Gasteiger partial charge in [-0.25, -0.2) is 0 Å². The Labute approximate surface area is 159 Å². The first-order chi connectivity index (χ1) is 12.9. The van der Waals surface area contributed by atoms with Gasteiger partial charge in [0.05, 0.1) is 0 Å². The second kappa shape index (κ2) is 10.4. The summed E-state index contributed by atoms with van der Waals surface area (Å²) >= 11 is 0. The van der Waals surface area contributed by atoms with Crippen molar-refractivity contribution in [3.05, 3.63) is 29.8 Å². The molecule has 2 N–H and O–H groups in total. The molecule has 1 heterocycles. The third-order valence-electron chi connectivity index (χ3n) is 4.61. The summed E-state index contributed by atoms with van der Waals surface area (Å²) in [5.41, 5.74) is 0.933. The molecule has 0 atom stereocenters. The minimum Gasteiger partial charge on any atom is -0.484 e. The van der Waals surface area contributed by atoms with Crippen LogP contribution in [-0.4, -0.2) is 56.9 Å². The highest BCUT2D eigenvalue weighted by atomic mass is 19.4. The van der Waals surface area contributed by atoms with Crippen LogP contribution in [-0.2, 0) is 6.54 Å². The van der Waals surface area contributed by atoms with Gasteiger partial charge in [-0.05, 0) is 49.5 Å². The Kier molecular flexibility index (Phi) is 8.22. The number of aliphatic imine (C=N–C) groups is 1. The fourth-order valence-corrected chi connectivity index (χ4v) is 2.89. The zero-order valence-corrected chi connectivity index (χ0v) is 16.0. The van der Waals surface area contributed by atoms with Crippen LogP contribution in [0.3, 0.4) is 0 Å². The number of hydrogen-bond donors (Lipinski definition) is 2. The number of rotatable bonds is 7. The van der Waals surface area contributed by atoms with Gasteiger partial charge in [-0.15, -0.1) is 0 Å². The van der Waals surface area contributed by atoms with E-state index >= 15 is 0 Å². The highest BCUT2D eigenvalue weighted by Crippen LogP contribution is 2.19. The van der Waals surface area contributed by atoms with Crippen LogP contribution >= 0.6 is 0 Å². The van der Waals surface area contributed by atoms with Gasteiger partial charge < -0.3 is 20.3 Å². The number of hydrogen-bond acceptors (Lipinski definition) is 3. The molecular formula is C19H29F3N4O. The number of piperidine rings is 1. The molecule has 0 aromatic heterocycles. The molecule has 2 rings (SSSR count). The molecule has 1 aliphatic heterocycles. The van der Waals surface area contributed by atoms with Crippen LogP contribution in [0.1, 0.15) is 25.3 Å². The normalized spacial score (nSPS) is 17.0. The van der Waals surface area contributed by atoms with Gasteiger partial charge in [0.2, 0.25) is 0 Å². The van der Waals surface area contributed by atoms with Crippen LogP contribution < -0.4 is 15.4 Å². The van der Waals surface area contributed by atoms with Crippen molar-refractivity contribution >= 4 is 5.96 Å². The monoisotopic (exact) mass is 386 g/mol. The second-order valence-corrected chi connectivity index (χ2v) is 6.92. The van der Waals surface area contributed by atoms with Gasteiger partial charge in [0.1, 0.15) is 5.75 Å². The molecule has 1 saturated heterocycles. The third kappa shape index (κ3) is 8.51. The van der Waals surface area contributed by atoms with E-state index in [0.717, 1.165) is 37.7 Å². The molecule has 152 valence electrons. The van der Waals surface area contributed by atoms with E-state index in [-0.39, 0.29) is 5.75 Å². The number of alkyl halides is 3. The van der Waals surface area contributed by atoms with E-state index in [1.54, 1.807) is 19.2 Å². The molecule has 0 unspecified atom stereocenters. The Morgan fingerprint density at radius 2 is 1.85 bits per heavy atom. The van der Waals surface area contributed by atoms with Crippen molar-refractivity contribution in [2.45, 2.75) is 32.5 Å². The molecule has 0 radical (unpaired) electrons. The van der Waals surface area contributed by atoms with Gasteiger partial charge in [-0.2, -0.15) is 13.2 Å². The zero-order chi connectivity index (χ0) is 19.7. The van der Waals surface area contributed by atoms with E-state index in [1.165, 1.54) is 25.0 Å². The number of benzene rings is 1. The summed E-state index contributed by atoms with van der Waals surface area (Å²) in [6.45, 7) is 5.65. The number of guanidine groups is 1. The molecule has 1 aliphatic rings. The first-order valence-corrected chi connectivity index (χ1v) is 9.31. The molecule has 5 nitrogen and oxygen atoms in total. The summed E-state index contributed by atoms with van der Waals surface area (Å²) in [7, 11) is 1.71. The van der Waals surface area contributed by atoms with Crippen molar-refractivity contribution < 1.29 is 17.9 Å². The van der Waals surface area contributed by atoms with Gasteiger partial charge in [-0.1, -0.05) is 19.1 Å². The van der Waals surface area contributed by atoms with Crippen molar-refractivity contribution in [2.24, 2.45) is 10.9 Å². The van der Waals surface area contributed by atoms with E-state index < -0.39 is 12.8 Å². The molecule has 27 heavy (non-hydrogen) atoms. The molecule has 0 aliphatic carbocycles. The summed E-state index contributed by atoms with van der Waals surface area (Å²) in [5.74, 6) is 1.74. The lowest BCUT2D eigenvalue weighted by Gasteiger charge is -2.30. The van der Waals surface area contributed by atoms with E-state index in [1.807, 2.05) is 0 Å². The van der Waals surface area contributed by atoms with Crippen molar-refractivity contribution in [1.29, 1.82) is 0 Å². The fourth-order valence-electron chi connectivity index (χ4n) is 2.89. The molecule has 1 aromatic carbocycles. The maximum atomic E-state index is 12.1. The Morgan fingerprint density at radius 1 is 1.19 bits per heavy atom. The van der Waals surface area contributed by atoms with Gasteiger partial charge in [0.25, 0.3) is 0 Å². The van der Waals surface area contributed by atoms with Gasteiger partial charge in [0, 0.05) is 26.7 Å². The lowest BCUT2D eigenvalue weighted by molar-refractivity contribution is -0.153. The minimum atomic E-state index is -4.33. The van der Waals surface area contributed by atoms with Crippen LogP contribution in [0.5, 0.6) is 5.75 Å². The average molecular weight is 386 g/mol. The Balaban J connectivity index is 1.67. The summed E-state index contributed by atoms with van der Waals surface area (Å²) < 4.78 is 41.1. The first kappa shape index (κ1) is 21.3. The summed E-state index contributed by atoms with van der Waals surface area (Å²) in [5, 5.41) is 6.50. The van der Waals surface area contributed by atoms with Gasteiger partial charge in [0.15, 0.2) is 12.6 Å². The molecule has 0 saturated carbocycles. The third-order valence-corrected chi connectivity index (χ3v) is 4.61. The molecule has 1 aromatic rings. The summed E-state index contributed by atoms with van der Waals surface area (Å²) in [6.07, 6.45) is -1.81. The maximum Gasteiger partial charge on any atom is 0.422 e. The molecule has 0 spiro atoms. The summed E-state index contributed by atoms with van der Waals surface area (Å²) in [6, 6.07) is 6.55. The number of halogens is 3. The standard InChI is InChI=1S/C19H29F3N4O/c1-15-7-10-26(11-8-15)12-9-24-18(23-2)25-13-16-3-5-17(6-4-16)27-14-19(20,21)22/h3-6,15H,7-14H2,1-2H3,(H2,23,24,25). The quantitative estimate of drug-likeness (QED) is 0.559. The highest BCUT2D eigenvalue weighted by molar-refractivity contribution is 5.79. The Morgan fingerprint density at radius 3 is 2.44 bits per heavy atom. The predicted molar refractivity (Wildman–Crippen MR) is 101 cm³/mol. The average Bonchev–Trinajstić information content (AvgIpc) is 2.64. The summed E-state index contributed by atoms with van der Waals surface area (Å²) in [4.78, 5) is 6.66. The lowest BCUT2D eigenvalue weighted by Crippen LogP contribution is -2.43. The van der Waals surface area contributed by atoms with Crippen molar-refractivity contribution in [1.82, 2.24) is 15.5 Å². The number of likely N-dealkylation sites (tertiary alicyclic amines) is 1. The van der Waals surface area contributed by atoms with Crippen LogP contribution in [0, 0.1) is 5.92 Å². The van der Waals surface area contributed by atoms with Crippen molar-refractivity contribution in [3.63, 3.8) is 0 Å². The van der Waals surface area contributed by atoms with Crippen LogP contribution in [0.15, 0.2) is 29.3 Å². The second-order valence-electron chi connectivity index (χ2n) is 6.92. The first-order valence-electron chi connectivity index (χ1n) is 9.31.